The largest absolute Gasteiger partial charge is 0.508 e. The van der Waals surface area contributed by atoms with Crippen molar-refractivity contribution >= 4 is 23.5 Å². The van der Waals surface area contributed by atoms with Crippen LogP contribution in [0.25, 0.3) is 0 Å². The van der Waals surface area contributed by atoms with E-state index in [1.807, 2.05) is 36.4 Å². The van der Waals surface area contributed by atoms with Gasteiger partial charge in [0.2, 0.25) is 0 Å². The smallest absolute Gasteiger partial charge is 0.273 e. The van der Waals surface area contributed by atoms with Crippen LogP contribution in [0.1, 0.15) is 16.1 Å². The fraction of sp³-hybridized carbons (Fsp3) is 0.105. The summed E-state index contributed by atoms with van der Waals surface area (Å²) in [5, 5.41) is 12.9. The molecule has 1 amide bonds. The van der Waals surface area contributed by atoms with Gasteiger partial charge in [-0.2, -0.15) is 0 Å². The maximum absolute atomic E-state index is 12.4. The highest BCUT2D eigenvalue weighted by Gasteiger charge is 2.14. The maximum atomic E-state index is 12.4. The fourth-order valence-corrected chi connectivity index (χ4v) is 3.10. The van der Waals surface area contributed by atoms with Gasteiger partial charge in [0.25, 0.3) is 5.91 Å². The lowest BCUT2D eigenvalue weighted by Crippen LogP contribution is -2.28. The molecule has 0 atom stereocenters. The van der Waals surface area contributed by atoms with Crippen LogP contribution in [0.5, 0.6) is 5.75 Å². The molecule has 26 heavy (non-hydrogen) atoms. The zero-order valence-corrected chi connectivity index (χ0v) is 14.7. The number of benzene rings is 2. The number of aromatic nitrogens is 2. The van der Waals surface area contributed by atoms with Gasteiger partial charge in [-0.1, -0.05) is 42.1 Å². The Morgan fingerprint density at radius 3 is 2.73 bits per heavy atom. The number of nitrogens with one attached hydrogen (secondary N) is 1. The quantitative estimate of drug-likeness (QED) is 0.620. The molecule has 0 fully saturated rings. The Hall–Kier alpha value is -3.06. The van der Waals surface area contributed by atoms with Gasteiger partial charge in [-0.15, -0.1) is 0 Å². The van der Waals surface area contributed by atoms with Gasteiger partial charge in [0.1, 0.15) is 10.8 Å². The molecule has 1 heterocycles. The number of hydrogen-bond donors (Lipinski definition) is 3. The van der Waals surface area contributed by atoms with Crippen LogP contribution >= 0.6 is 11.8 Å². The monoisotopic (exact) mass is 366 g/mol. The molecule has 4 N–H and O–H groups in total. The molecule has 0 aliphatic carbocycles. The minimum absolute atomic E-state index is 0.0947. The summed E-state index contributed by atoms with van der Waals surface area (Å²) in [6.45, 7) is 0.402. The fourth-order valence-electron chi connectivity index (χ4n) is 2.32. The van der Waals surface area contributed by atoms with Gasteiger partial charge in [0, 0.05) is 11.4 Å². The van der Waals surface area contributed by atoms with E-state index in [2.05, 4.69) is 15.3 Å². The van der Waals surface area contributed by atoms with Crippen molar-refractivity contribution in [2.75, 3.05) is 12.3 Å². The number of nitrogen functional groups attached to an aromatic ring is 1. The Morgan fingerprint density at radius 2 is 1.96 bits per heavy atom. The van der Waals surface area contributed by atoms with Gasteiger partial charge >= 0.3 is 0 Å². The van der Waals surface area contributed by atoms with E-state index in [1.165, 1.54) is 11.8 Å². The van der Waals surface area contributed by atoms with Crippen molar-refractivity contribution in [3.05, 3.63) is 72.1 Å². The van der Waals surface area contributed by atoms with E-state index in [-0.39, 0.29) is 23.2 Å². The SMILES string of the molecule is Nc1ncc(Sc2ccccc2)nc1C(=O)NCCc1cccc(O)c1. The van der Waals surface area contributed by atoms with E-state index >= 15 is 0 Å². The van der Waals surface area contributed by atoms with Crippen LogP contribution in [0.3, 0.4) is 0 Å². The van der Waals surface area contributed by atoms with Crippen molar-refractivity contribution in [1.29, 1.82) is 0 Å². The molecule has 3 aromatic rings. The van der Waals surface area contributed by atoms with E-state index < -0.39 is 0 Å². The maximum Gasteiger partial charge on any atom is 0.273 e. The van der Waals surface area contributed by atoms with Crippen molar-refractivity contribution in [2.45, 2.75) is 16.3 Å². The van der Waals surface area contributed by atoms with Crippen molar-refractivity contribution in [1.82, 2.24) is 15.3 Å². The van der Waals surface area contributed by atoms with Gasteiger partial charge in [-0.3, -0.25) is 4.79 Å². The lowest BCUT2D eigenvalue weighted by Gasteiger charge is -2.08. The second-order valence-corrected chi connectivity index (χ2v) is 6.63. The summed E-state index contributed by atoms with van der Waals surface area (Å²) < 4.78 is 0. The number of nitrogens with two attached hydrogens (primary N) is 1. The van der Waals surface area contributed by atoms with Gasteiger partial charge in [-0.25, -0.2) is 9.97 Å². The predicted molar refractivity (Wildman–Crippen MR) is 101 cm³/mol. The second-order valence-electron chi connectivity index (χ2n) is 5.53. The van der Waals surface area contributed by atoms with Crippen molar-refractivity contribution in [3.8, 4) is 5.75 Å². The first-order valence-corrected chi connectivity index (χ1v) is 8.85. The van der Waals surface area contributed by atoms with E-state index in [0.717, 1.165) is 10.5 Å². The summed E-state index contributed by atoms with van der Waals surface area (Å²) in [6, 6.07) is 16.6. The summed E-state index contributed by atoms with van der Waals surface area (Å²) in [5.74, 6) is -0.0718. The highest BCUT2D eigenvalue weighted by Crippen LogP contribution is 2.26. The lowest BCUT2D eigenvalue weighted by atomic mass is 10.1. The summed E-state index contributed by atoms with van der Waals surface area (Å²) in [6.07, 6.45) is 2.14. The van der Waals surface area contributed by atoms with E-state index in [9.17, 15) is 9.90 Å². The van der Waals surface area contributed by atoms with Crippen LogP contribution in [-0.2, 0) is 6.42 Å². The molecule has 0 aliphatic rings. The lowest BCUT2D eigenvalue weighted by molar-refractivity contribution is 0.0949. The Bertz CT molecular complexity index is 903. The van der Waals surface area contributed by atoms with E-state index in [0.29, 0.717) is 18.0 Å². The Morgan fingerprint density at radius 1 is 1.15 bits per heavy atom. The van der Waals surface area contributed by atoms with Crippen molar-refractivity contribution in [3.63, 3.8) is 0 Å². The Kier molecular flexibility index (Phi) is 5.70. The molecule has 0 aliphatic heterocycles. The normalized spacial score (nSPS) is 10.5. The standard InChI is InChI=1S/C19H18N4O2S/c20-18-17(19(25)21-10-9-13-5-4-6-14(24)11-13)23-16(12-22-18)26-15-7-2-1-3-8-15/h1-8,11-12,24H,9-10H2,(H2,20,22)(H,21,25). The number of carbonyl (C=O) groups excluding carboxylic acids is 1. The average Bonchev–Trinajstić information content (AvgIpc) is 2.64. The number of amides is 1. The molecular formula is C19H18N4O2S. The van der Waals surface area contributed by atoms with E-state index in [1.54, 1.807) is 24.4 Å². The van der Waals surface area contributed by atoms with Gasteiger partial charge in [0.15, 0.2) is 11.5 Å². The highest BCUT2D eigenvalue weighted by molar-refractivity contribution is 7.99. The number of anilines is 1. The minimum atomic E-state index is -0.370. The van der Waals surface area contributed by atoms with Crippen molar-refractivity contribution < 1.29 is 9.90 Å². The van der Waals surface area contributed by atoms with Crippen LogP contribution in [0.2, 0.25) is 0 Å². The summed E-state index contributed by atoms with van der Waals surface area (Å²) in [5.41, 5.74) is 6.85. The number of aromatic hydroxyl groups is 1. The Labute approximate surface area is 155 Å². The predicted octanol–water partition coefficient (Wildman–Crippen LogP) is 2.89. The first-order valence-electron chi connectivity index (χ1n) is 8.03. The van der Waals surface area contributed by atoms with Crippen molar-refractivity contribution in [2.24, 2.45) is 0 Å². The number of phenolic OH excluding ortho intramolecular Hbond substituents is 1. The number of rotatable bonds is 6. The molecule has 6 nitrogen and oxygen atoms in total. The zero-order valence-electron chi connectivity index (χ0n) is 13.9. The topological polar surface area (TPSA) is 101 Å². The molecule has 0 saturated carbocycles. The summed E-state index contributed by atoms with van der Waals surface area (Å²) in [4.78, 5) is 21.8. The second kappa shape index (κ2) is 8.35. The van der Waals surface area contributed by atoms with Crippen LogP contribution < -0.4 is 11.1 Å². The Balaban J connectivity index is 1.63. The molecule has 2 aromatic carbocycles. The zero-order chi connectivity index (χ0) is 18.4. The third kappa shape index (κ3) is 4.73. The number of phenols is 1. The minimum Gasteiger partial charge on any atom is -0.508 e. The first-order chi connectivity index (χ1) is 12.6. The molecular weight excluding hydrogens is 348 g/mol. The molecule has 132 valence electrons. The van der Waals surface area contributed by atoms with Crippen LogP contribution in [0, 0.1) is 0 Å². The molecule has 0 bridgehead atoms. The van der Waals surface area contributed by atoms with E-state index in [4.69, 9.17) is 5.73 Å². The van der Waals surface area contributed by atoms with Gasteiger partial charge in [0.05, 0.1) is 6.20 Å². The first kappa shape index (κ1) is 17.8. The van der Waals surface area contributed by atoms with Gasteiger partial charge in [-0.05, 0) is 36.2 Å². The highest BCUT2D eigenvalue weighted by atomic mass is 32.2. The number of hydrogen-bond acceptors (Lipinski definition) is 6. The number of nitrogens with zero attached hydrogens (tertiary/aromatic N) is 2. The average molecular weight is 366 g/mol. The molecule has 0 unspecified atom stereocenters. The third-order valence-corrected chi connectivity index (χ3v) is 4.48. The third-order valence-electron chi connectivity index (χ3n) is 3.57. The molecule has 1 aromatic heterocycles. The summed E-state index contributed by atoms with van der Waals surface area (Å²) >= 11 is 1.41. The molecule has 0 radical (unpaired) electrons. The van der Waals surface area contributed by atoms with Crippen LogP contribution in [0.15, 0.2) is 70.7 Å². The number of carbonyl (C=O) groups is 1. The van der Waals surface area contributed by atoms with Crippen LogP contribution in [-0.4, -0.2) is 27.5 Å². The molecule has 0 spiro atoms. The molecule has 7 heteroatoms. The molecule has 0 saturated heterocycles. The summed E-state index contributed by atoms with van der Waals surface area (Å²) in [7, 11) is 0. The molecule has 3 rings (SSSR count). The van der Waals surface area contributed by atoms with Crippen LogP contribution in [0.4, 0.5) is 5.82 Å². The van der Waals surface area contributed by atoms with Gasteiger partial charge < -0.3 is 16.2 Å².